The maximum Gasteiger partial charge on any atom is 0.237 e. The Morgan fingerprint density at radius 3 is 3.14 bits per heavy atom. The summed E-state index contributed by atoms with van der Waals surface area (Å²) in [4.78, 5) is 16.4. The number of ether oxygens (including phenoxy) is 1. The minimum atomic E-state index is -0.0131. The Labute approximate surface area is 140 Å². The van der Waals surface area contributed by atoms with Gasteiger partial charge in [-0.1, -0.05) is 0 Å². The molecule has 0 unspecified atom stereocenters. The molecule has 1 fully saturated rings. The van der Waals surface area contributed by atoms with E-state index in [0.29, 0.717) is 0 Å². The van der Waals surface area contributed by atoms with Crippen molar-refractivity contribution in [3.8, 4) is 0 Å². The number of nitrogens with one attached hydrogen (secondary N) is 1. The zero-order chi connectivity index (χ0) is 15.4. The third kappa shape index (κ3) is 4.04. The van der Waals surface area contributed by atoms with Gasteiger partial charge in [-0.15, -0.1) is 23.1 Å². The van der Waals surface area contributed by atoms with E-state index >= 15 is 0 Å². The van der Waals surface area contributed by atoms with Crippen LogP contribution in [0.3, 0.4) is 0 Å². The third-order valence-corrected chi connectivity index (χ3v) is 6.52. The number of thiophene rings is 1. The number of fused-ring (bicyclic) bond motifs is 1. The number of carbonyl (C=O) groups excluding carboxylic acids is 1. The number of amides is 1. The summed E-state index contributed by atoms with van der Waals surface area (Å²) in [6.07, 6.45) is 2.10. The second-order valence-corrected chi connectivity index (χ2v) is 8.17. The van der Waals surface area contributed by atoms with E-state index in [4.69, 9.17) is 4.74 Å². The molecule has 1 aromatic rings. The first-order valence-corrected chi connectivity index (χ1v) is 9.95. The molecule has 0 bridgehead atoms. The van der Waals surface area contributed by atoms with Crippen LogP contribution in [-0.2, 0) is 16.0 Å². The molecule has 0 radical (unpaired) electrons. The minimum absolute atomic E-state index is 0.0131. The quantitative estimate of drug-likeness (QED) is 0.893. The number of nitrogens with zero attached hydrogens (tertiary/aromatic N) is 1. The highest BCUT2D eigenvalue weighted by Gasteiger charge is 2.28. The lowest BCUT2D eigenvalue weighted by atomic mass is 10.1. The number of morpholine rings is 1. The van der Waals surface area contributed by atoms with Gasteiger partial charge in [0.25, 0.3) is 0 Å². The van der Waals surface area contributed by atoms with Crippen molar-refractivity contribution in [2.24, 2.45) is 0 Å². The fourth-order valence-corrected chi connectivity index (χ4v) is 5.26. The summed E-state index contributed by atoms with van der Waals surface area (Å²) >= 11 is 3.56. The average Bonchev–Trinajstić information content (AvgIpc) is 3.02. The van der Waals surface area contributed by atoms with Crippen LogP contribution in [-0.4, -0.2) is 55.4 Å². The third-order valence-electron chi connectivity index (χ3n) is 4.28. The van der Waals surface area contributed by atoms with Crippen LogP contribution in [0.5, 0.6) is 0 Å². The standard InChI is InChI=1S/C16H24N2O2S2/c1-12(2-5-18-6-8-20-9-7-18)17-16(19)15-13-3-10-21-14(13)4-11-22-15/h3,10,12,15H,2,4-9,11H2,1H3,(H,17,19)/t12-,15+/m1/s1. The number of hydrogen-bond acceptors (Lipinski definition) is 5. The van der Waals surface area contributed by atoms with Gasteiger partial charge in [-0.05, 0) is 42.5 Å². The summed E-state index contributed by atoms with van der Waals surface area (Å²) in [5.41, 5.74) is 1.24. The molecule has 2 aliphatic heterocycles. The maximum absolute atomic E-state index is 12.6. The molecule has 0 aliphatic carbocycles. The highest BCUT2D eigenvalue weighted by molar-refractivity contribution is 8.00. The first-order chi connectivity index (χ1) is 10.7. The second kappa shape index (κ2) is 7.81. The Kier molecular flexibility index (Phi) is 5.79. The molecule has 2 atom stereocenters. The van der Waals surface area contributed by atoms with E-state index in [0.717, 1.165) is 51.4 Å². The van der Waals surface area contributed by atoms with Gasteiger partial charge >= 0.3 is 0 Å². The van der Waals surface area contributed by atoms with Gasteiger partial charge < -0.3 is 10.1 Å². The molecular formula is C16H24N2O2S2. The molecule has 3 rings (SSSR count). The first-order valence-electron chi connectivity index (χ1n) is 8.02. The maximum atomic E-state index is 12.6. The second-order valence-electron chi connectivity index (χ2n) is 5.95. The van der Waals surface area contributed by atoms with Gasteiger partial charge in [-0.2, -0.15) is 0 Å². The summed E-state index contributed by atoms with van der Waals surface area (Å²) in [5.74, 6) is 1.23. The molecule has 1 amide bonds. The van der Waals surface area contributed by atoms with Crippen LogP contribution in [0.1, 0.15) is 29.0 Å². The Morgan fingerprint density at radius 1 is 1.50 bits per heavy atom. The average molecular weight is 341 g/mol. The molecule has 1 aromatic heterocycles. The number of carbonyl (C=O) groups is 1. The van der Waals surface area contributed by atoms with Crippen LogP contribution in [0.2, 0.25) is 0 Å². The highest BCUT2D eigenvalue weighted by Crippen LogP contribution is 2.39. The number of hydrogen-bond donors (Lipinski definition) is 1. The summed E-state index contributed by atoms with van der Waals surface area (Å²) in [6.45, 7) is 6.84. The van der Waals surface area contributed by atoms with E-state index < -0.39 is 0 Å². The van der Waals surface area contributed by atoms with Crippen molar-refractivity contribution in [2.75, 3.05) is 38.6 Å². The largest absolute Gasteiger partial charge is 0.379 e. The Hall–Kier alpha value is -0.560. The van der Waals surface area contributed by atoms with Gasteiger partial charge in [0.2, 0.25) is 5.91 Å². The van der Waals surface area contributed by atoms with E-state index in [1.54, 1.807) is 23.1 Å². The number of thioether (sulfide) groups is 1. The normalized spacial score (nSPS) is 23.8. The van der Waals surface area contributed by atoms with Crippen LogP contribution in [0.4, 0.5) is 0 Å². The van der Waals surface area contributed by atoms with Gasteiger partial charge in [0, 0.05) is 30.6 Å². The van der Waals surface area contributed by atoms with Gasteiger partial charge in [-0.25, -0.2) is 0 Å². The monoisotopic (exact) mass is 340 g/mol. The molecule has 0 aromatic carbocycles. The lowest BCUT2D eigenvalue weighted by molar-refractivity contribution is -0.121. The molecule has 1 saturated heterocycles. The fourth-order valence-electron chi connectivity index (χ4n) is 2.96. The van der Waals surface area contributed by atoms with E-state index in [1.165, 1.54) is 10.4 Å². The number of aryl methyl sites for hydroxylation is 1. The van der Waals surface area contributed by atoms with E-state index in [9.17, 15) is 4.79 Å². The van der Waals surface area contributed by atoms with E-state index in [2.05, 4.69) is 28.6 Å². The molecule has 2 aliphatic rings. The predicted octanol–water partition coefficient (Wildman–Crippen LogP) is 2.31. The van der Waals surface area contributed by atoms with Crippen molar-refractivity contribution in [1.82, 2.24) is 10.2 Å². The molecule has 0 spiro atoms. The Morgan fingerprint density at radius 2 is 2.32 bits per heavy atom. The Balaban J connectivity index is 1.47. The lowest BCUT2D eigenvalue weighted by Crippen LogP contribution is -2.41. The molecule has 6 heteroatoms. The van der Waals surface area contributed by atoms with Gasteiger partial charge in [-0.3, -0.25) is 9.69 Å². The van der Waals surface area contributed by atoms with Crippen molar-refractivity contribution in [2.45, 2.75) is 31.1 Å². The van der Waals surface area contributed by atoms with Crippen LogP contribution in [0.25, 0.3) is 0 Å². The summed E-state index contributed by atoms with van der Waals surface area (Å²) in [6, 6.07) is 2.34. The summed E-state index contributed by atoms with van der Waals surface area (Å²) in [7, 11) is 0. The van der Waals surface area contributed by atoms with Crippen molar-refractivity contribution >= 4 is 29.0 Å². The summed E-state index contributed by atoms with van der Waals surface area (Å²) in [5, 5.41) is 5.30. The van der Waals surface area contributed by atoms with Gasteiger partial charge in [0.1, 0.15) is 5.25 Å². The van der Waals surface area contributed by atoms with E-state index in [1.807, 2.05) is 0 Å². The molecule has 0 saturated carbocycles. The molecule has 3 heterocycles. The molecular weight excluding hydrogens is 316 g/mol. The van der Waals surface area contributed by atoms with Crippen molar-refractivity contribution in [3.63, 3.8) is 0 Å². The van der Waals surface area contributed by atoms with Gasteiger partial charge in [0.05, 0.1) is 13.2 Å². The predicted molar refractivity (Wildman–Crippen MR) is 92.7 cm³/mol. The molecule has 122 valence electrons. The number of rotatable bonds is 5. The van der Waals surface area contributed by atoms with Crippen molar-refractivity contribution < 1.29 is 9.53 Å². The molecule has 22 heavy (non-hydrogen) atoms. The van der Waals surface area contributed by atoms with Crippen molar-refractivity contribution in [3.05, 3.63) is 21.9 Å². The summed E-state index contributed by atoms with van der Waals surface area (Å²) < 4.78 is 5.36. The highest BCUT2D eigenvalue weighted by atomic mass is 32.2. The fraction of sp³-hybridized carbons (Fsp3) is 0.688. The first kappa shape index (κ1) is 16.3. The van der Waals surface area contributed by atoms with E-state index in [-0.39, 0.29) is 17.2 Å². The smallest absolute Gasteiger partial charge is 0.237 e. The van der Waals surface area contributed by atoms with Crippen molar-refractivity contribution in [1.29, 1.82) is 0 Å². The van der Waals surface area contributed by atoms with Crippen LogP contribution >= 0.6 is 23.1 Å². The Bertz CT molecular complexity index is 500. The zero-order valence-electron chi connectivity index (χ0n) is 13.0. The SMILES string of the molecule is C[C@H](CCN1CCOCC1)NC(=O)[C@H]1SCCc2sccc21. The minimum Gasteiger partial charge on any atom is -0.379 e. The molecule has 1 N–H and O–H groups in total. The topological polar surface area (TPSA) is 41.6 Å². The van der Waals surface area contributed by atoms with Crippen LogP contribution in [0, 0.1) is 0 Å². The van der Waals surface area contributed by atoms with Crippen LogP contribution in [0.15, 0.2) is 11.4 Å². The van der Waals surface area contributed by atoms with Crippen LogP contribution < -0.4 is 5.32 Å². The zero-order valence-corrected chi connectivity index (χ0v) is 14.7. The van der Waals surface area contributed by atoms with Gasteiger partial charge in [0.15, 0.2) is 0 Å². The molecule has 4 nitrogen and oxygen atoms in total. The lowest BCUT2D eigenvalue weighted by Gasteiger charge is -2.28.